The molecule has 3 nitrogen and oxygen atoms in total. The molecule has 74 valence electrons. The van der Waals surface area contributed by atoms with E-state index in [1.165, 1.54) is 0 Å². The van der Waals surface area contributed by atoms with Crippen molar-refractivity contribution in [3.63, 3.8) is 0 Å². The molecular formula is C10H16O3. The Morgan fingerprint density at radius 2 is 2.23 bits per heavy atom. The molecule has 0 aromatic rings. The van der Waals surface area contributed by atoms with Crippen molar-refractivity contribution in [3.05, 3.63) is 0 Å². The van der Waals surface area contributed by atoms with Gasteiger partial charge in [0.2, 0.25) is 0 Å². The molecule has 13 heavy (non-hydrogen) atoms. The van der Waals surface area contributed by atoms with E-state index >= 15 is 0 Å². The van der Waals surface area contributed by atoms with E-state index < -0.39 is 5.97 Å². The van der Waals surface area contributed by atoms with Crippen molar-refractivity contribution in [2.24, 2.45) is 11.8 Å². The van der Waals surface area contributed by atoms with Crippen molar-refractivity contribution in [1.82, 2.24) is 0 Å². The molecule has 2 fully saturated rings. The molecule has 0 spiro atoms. The summed E-state index contributed by atoms with van der Waals surface area (Å²) in [5.74, 6) is -0.502. The molecule has 1 saturated carbocycles. The lowest BCUT2D eigenvalue weighted by atomic mass is 9.76. The Morgan fingerprint density at radius 3 is 2.92 bits per heavy atom. The molecule has 1 N–H and O–H groups in total. The maximum absolute atomic E-state index is 10.9. The van der Waals surface area contributed by atoms with Crippen molar-refractivity contribution in [2.75, 3.05) is 0 Å². The van der Waals surface area contributed by atoms with Crippen LogP contribution in [0.1, 0.15) is 32.6 Å². The summed E-state index contributed by atoms with van der Waals surface area (Å²) in [5.41, 5.74) is 0. The minimum Gasteiger partial charge on any atom is -0.481 e. The van der Waals surface area contributed by atoms with Gasteiger partial charge in [-0.1, -0.05) is 0 Å². The first-order valence-electron chi connectivity index (χ1n) is 5.06. The summed E-state index contributed by atoms with van der Waals surface area (Å²) in [6.07, 6.45) is 4.32. The summed E-state index contributed by atoms with van der Waals surface area (Å²) in [6, 6.07) is 0. The maximum atomic E-state index is 10.9. The van der Waals surface area contributed by atoms with E-state index in [0.29, 0.717) is 0 Å². The van der Waals surface area contributed by atoms with Crippen LogP contribution in [0.2, 0.25) is 0 Å². The average Bonchev–Trinajstić information content (AvgIpc) is 2.43. The van der Waals surface area contributed by atoms with Gasteiger partial charge in [-0.2, -0.15) is 0 Å². The van der Waals surface area contributed by atoms with Gasteiger partial charge in [0.05, 0.1) is 18.1 Å². The molecule has 0 aromatic carbocycles. The van der Waals surface area contributed by atoms with Gasteiger partial charge in [0.25, 0.3) is 0 Å². The number of fused-ring (bicyclic) bond motifs is 1. The number of aliphatic carboxylic acids is 1. The predicted molar refractivity (Wildman–Crippen MR) is 47.4 cm³/mol. The van der Waals surface area contributed by atoms with Crippen LogP contribution in [0.4, 0.5) is 0 Å². The van der Waals surface area contributed by atoms with Crippen LogP contribution in [0, 0.1) is 11.8 Å². The third-order valence-corrected chi connectivity index (χ3v) is 3.33. The second kappa shape index (κ2) is 3.29. The zero-order chi connectivity index (χ0) is 9.42. The zero-order valence-corrected chi connectivity index (χ0v) is 7.90. The number of carboxylic acid groups (broad SMARTS) is 1. The van der Waals surface area contributed by atoms with Gasteiger partial charge in [0, 0.05) is 5.92 Å². The summed E-state index contributed by atoms with van der Waals surface area (Å²) in [6.45, 7) is 2.04. The molecule has 3 heteroatoms. The normalized spacial score (nSPS) is 44.4. The van der Waals surface area contributed by atoms with Crippen molar-refractivity contribution in [1.29, 1.82) is 0 Å². The third-order valence-electron chi connectivity index (χ3n) is 3.33. The molecule has 0 aromatic heterocycles. The summed E-state index contributed by atoms with van der Waals surface area (Å²) in [4.78, 5) is 10.9. The number of carboxylic acids is 1. The number of hydrogen-bond donors (Lipinski definition) is 1. The fraction of sp³-hybridized carbons (Fsp3) is 0.900. The zero-order valence-electron chi connectivity index (χ0n) is 7.90. The van der Waals surface area contributed by atoms with Gasteiger partial charge in [-0.25, -0.2) is 0 Å². The van der Waals surface area contributed by atoms with Gasteiger partial charge in [0.1, 0.15) is 0 Å². The second-order valence-corrected chi connectivity index (χ2v) is 4.26. The third kappa shape index (κ3) is 1.57. The van der Waals surface area contributed by atoms with Crippen LogP contribution in [0.3, 0.4) is 0 Å². The van der Waals surface area contributed by atoms with E-state index in [9.17, 15) is 4.79 Å². The van der Waals surface area contributed by atoms with E-state index in [1.54, 1.807) is 0 Å². The monoisotopic (exact) mass is 184 g/mol. The molecule has 0 bridgehead atoms. The van der Waals surface area contributed by atoms with E-state index in [0.717, 1.165) is 25.7 Å². The minimum atomic E-state index is -0.632. The van der Waals surface area contributed by atoms with Crippen LogP contribution >= 0.6 is 0 Å². The molecular weight excluding hydrogens is 168 g/mol. The first-order chi connectivity index (χ1) is 6.18. The molecule has 1 aliphatic carbocycles. The summed E-state index contributed by atoms with van der Waals surface area (Å²) < 4.78 is 5.68. The lowest BCUT2D eigenvalue weighted by Crippen LogP contribution is -2.33. The second-order valence-electron chi connectivity index (χ2n) is 4.26. The Bertz CT molecular complexity index is 214. The minimum absolute atomic E-state index is 0.149. The van der Waals surface area contributed by atoms with Gasteiger partial charge in [-0.3, -0.25) is 4.79 Å². The van der Waals surface area contributed by atoms with Crippen LogP contribution in [0.15, 0.2) is 0 Å². The lowest BCUT2D eigenvalue weighted by Gasteiger charge is -2.29. The van der Waals surface area contributed by atoms with Gasteiger partial charge in [0.15, 0.2) is 0 Å². The van der Waals surface area contributed by atoms with Crippen LogP contribution in [-0.2, 0) is 9.53 Å². The highest BCUT2D eigenvalue weighted by Crippen LogP contribution is 2.41. The van der Waals surface area contributed by atoms with Gasteiger partial charge >= 0.3 is 5.97 Å². The quantitative estimate of drug-likeness (QED) is 0.674. The van der Waals surface area contributed by atoms with E-state index in [-0.39, 0.29) is 24.0 Å². The van der Waals surface area contributed by atoms with Crippen molar-refractivity contribution in [2.45, 2.75) is 44.8 Å². The highest BCUT2D eigenvalue weighted by molar-refractivity contribution is 5.70. The van der Waals surface area contributed by atoms with Crippen molar-refractivity contribution >= 4 is 5.97 Å². The highest BCUT2D eigenvalue weighted by atomic mass is 16.5. The summed E-state index contributed by atoms with van der Waals surface area (Å²) in [7, 11) is 0. The summed E-state index contributed by atoms with van der Waals surface area (Å²) >= 11 is 0. The molecule has 1 heterocycles. The van der Waals surface area contributed by atoms with E-state index in [1.807, 2.05) is 6.92 Å². The number of rotatable bonds is 1. The Morgan fingerprint density at radius 1 is 1.46 bits per heavy atom. The Hall–Kier alpha value is -0.570. The molecule has 2 rings (SSSR count). The molecule has 0 unspecified atom stereocenters. The Labute approximate surface area is 78.1 Å². The van der Waals surface area contributed by atoms with E-state index in [2.05, 4.69) is 0 Å². The first-order valence-corrected chi connectivity index (χ1v) is 5.06. The largest absolute Gasteiger partial charge is 0.481 e. The maximum Gasteiger partial charge on any atom is 0.306 e. The fourth-order valence-corrected chi connectivity index (χ4v) is 2.76. The van der Waals surface area contributed by atoms with Crippen molar-refractivity contribution in [3.8, 4) is 0 Å². The molecule has 1 saturated heterocycles. The smallest absolute Gasteiger partial charge is 0.306 e. The number of carbonyl (C=O) groups is 1. The molecule has 0 amide bonds. The Balaban J connectivity index is 2.09. The molecule has 0 radical (unpaired) electrons. The topological polar surface area (TPSA) is 46.5 Å². The number of ether oxygens (including phenoxy) is 1. The van der Waals surface area contributed by atoms with Crippen molar-refractivity contribution < 1.29 is 14.6 Å². The lowest BCUT2D eigenvalue weighted by molar-refractivity contribution is -0.146. The van der Waals surface area contributed by atoms with Crippen LogP contribution in [0.25, 0.3) is 0 Å². The van der Waals surface area contributed by atoms with Crippen LogP contribution in [-0.4, -0.2) is 23.3 Å². The first kappa shape index (κ1) is 9.00. The molecule has 1 aliphatic heterocycles. The number of hydrogen-bond acceptors (Lipinski definition) is 2. The highest BCUT2D eigenvalue weighted by Gasteiger charge is 2.43. The predicted octanol–water partition coefficient (Wildman–Crippen LogP) is 1.66. The van der Waals surface area contributed by atoms with E-state index in [4.69, 9.17) is 9.84 Å². The van der Waals surface area contributed by atoms with Gasteiger partial charge in [-0.05, 0) is 32.6 Å². The van der Waals surface area contributed by atoms with Gasteiger partial charge in [-0.15, -0.1) is 0 Å². The standard InChI is InChI=1S/C10H16O3/c1-6-5-8-7(10(11)12)3-2-4-9(8)13-6/h6-9H,2-5H2,1H3,(H,11,12)/t6-,7-,8+,9-/m1/s1. The van der Waals surface area contributed by atoms with Crippen LogP contribution < -0.4 is 0 Å². The summed E-state index contributed by atoms with van der Waals surface area (Å²) in [5, 5.41) is 9.02. The SMILES string of the molecule is C[C@@H]1C[C@@H]2[C@@H](CCC[C@H]2C(=O)O)O1. The van der Waals surface area contributed by atoms with Gasteiger partial charge < -0.3 is 9.84 Å². The average molecular weight is 184 g/mol. The molecule has 2 aliphatic rings. The fourth-order valence-electron chi connectivity index (χ4n) is 2.76. The van der Waals surface area contributed by atoms with Crippen LogP contribution in [0.5, 0.6) is 0 Å². The Kier molecular flexibility index (Phi) is 2.28. The molecule has 4 atom stereocenters.